The highest BCUT2D eigenvalue weighted by Gasteiger charge is 2.28. The number of aryl methyl sites for hydroxylation is 1. The summed E-state index contributed by atoms with van der Waals surface area (Å²) in [5, 5.41) is 3.80. The van der Waals surface area contributed by atoms with E-state index < -0.39 is 0 Å². The SMILES string of the molecule is Cc1ccc(C(C)C)cc1NC1=C(Cl)C(=O)CC(c2ccccc2)C1. The van der Waals surface area contributed by atoms with Gasteiger partial charge in [-0.05, 0) is 47.9 Å². The van der Waals surface area contributed by atoms with Crippen molar-refractivity contribution >= 4 is 23.1 Å². The van der Waals surface area contributed by atoms with Gasteiger partial charge in [0.25, 0.3) is 0 Å². The number of carbonyl (C=O) groups excluding carboxylic acids is 1. The zero-order chi connectivity index (χ0) is 18.0. The van der Waals surface area contributed by atoms with Crippen molar-refractivity contribution < 1.29 is 4.79 Å². The summed E-state index contributed by atoms with van der Waals surface area (Å²) in [5.74, 6) is 0.643. The average molecular weight is 354 g/mol. The second-order valence-corrected chi connectivity index (χ2v) is 7.46. The van der Waals surface area contributed by atoms with E-state index in [-0.39, 0.29) is 11.7 Å². The third kappa shape index (κ3) is 3.96. The summed E-state index contributed by atoms with van der Waals surface area (Å²) < 4.78 is 0. The van der Waals surface area contributed by atoms with Gasteiger partial charge in [-0.3, -0.25) is 4.79 Å². The molecule has 1 N–H and O–H groups in total. The number of carbonyl (C=O) groups is 1. The largest absolute Gasteiger partial charge is 0.357 e. The van der Waals surface area contributed by atoms with Crippen LogP contribution >= 0.6 is 11.6 Å². The number of benzene rings is 2. The molecule has 0 saturated heterocycles. The van der Waals surface area contributed by atoms with Gasteiger partial charge in [0.1, 0.15) is 5.03 Å². The van der Waals surface area contributed by atoms with Gasteiger partial charge < -0.3 is 5.32 Å². The summed E-state index contributed by atoms with van der Waals surface area (Å²) >= 11 is 6.36. The lowest BCUT2D eigenvalue weighted by atomic mass is 9.85. The predicted octanol–water partition coefficient (Wildman–Crippen LogP) is 6.13. The molecule has 0 fully saturated rings. The maximum absolute atomic E-state index is 12.4. The van der Waals surface area contributed by atoms with Crippen molar-refractivity contribution in [3.05, 3.63) is 76.0 Å². The number of anilines is 1. The van der Waals surface area contributed by atoms with Gasteiger partial charge in [-0.2, -0.15) is 0 Å². The first kappa shape index (κ1) is 17.8. The highest BCUT2D eigenvalue weighted by molar-refractivity contribution is 6.43. The third-order valence-corrected chi connectivity index (χ3v) is 5.32. The van der Waals surface area contributed by atoms with E-state index in [0.717, 1.165) is 23.4 Å². The maximum Gasteiger partial charge on any atom is 0.176 e. The fraction of sp³-hybridized carbons (Fsp3) is 0.318. The third-order valence-electron chi connectivity index (χ3n) is 4.88. The lowest BCUT2D eigenvalue weighted by Gasteiger charge is -2.26. The zero-order valence-electron chi connectivity index (χ0n) is 15.0. The Bertz CT molecular complexity index is 808. The van der Waals surface area contributed by atoms with Crippen LogP contribution in [0.4, 0.5) is 5.69 Å². The molecule has 3 heteroatoms. The highest BCUT2D eigenvalue weighted by atomic mass is 35.5. The maximum atomic E-state index is 12.4. The van der Waals surface area contributed by atoms with Crippen molar-refractivity contribution in [1.82, 2.24) is 0 Å². The fourth-order valence-electron chi connectivity index (χ4n) is 3.25. The summed E-state index contributed by atoms with van der Waals surface area (Å²) in [7, 11) is 0. The molecule has 2 aromatic carbocycles. The summed E-state index contributed by atoms with van der Waals surface area (Å²) in [4.78, 5) is 12.4. The molecule has 0 saturated carbocycles. The minimum atomic E-state index is 0.0157. The monoisotopic (exact) mass is 353 g/mol. The molecule has 0 bridgehead atoms. The summed E-state index contributed by atoms with van der Waals surface area (Å²) in [6, 6.07) is 16.6. The van der Waals surface area contributed by atoms with Crippen molar-refractivity contribution in [2.24, 2.45) is 0 Å². The van der Waals surface area contributed by atoms with Crippen molar-refractivity contribution in [3.8, 4) is 0 Å². The summed E-state index contributed by atoms with van der Waals surface area (Å²) in [5.41, 5.74) is 5.46. The van der Waals surface area contributed by atoms with Crippen LogP contribution in [-0.4, -0.2) is 5.78 Å². The van der Waals surface area contributed by atoms with Gasteiger partial charge in [-0.25, -0.2) is 0 Å². The molecule has 1 aliphatic rings. The van der Waals surface area contributed by atoms with E-state index in [0.29, 0.717) is 17.4 Å². The first-order valence-corrected chi connectivity index (χ1v) is 9.18. The van der Waals surface area contributed by atoms with Crippen LogP contribution in [0.5, 0.6) is 0 Å². The molecule has 1 atom stereocenters. The Morgan fingerprint density at radius 2 is 1.80 bits per heavy atom. The number of hydrogen-bond acceptors (Lipinski definition) is 2. The van der Waals surface area contributed by atoms with Gasteiger partial charge in [0.15, 0.2) is 5.78 Å². The van der Waals surface area contributed by atoms with Crippen LogP contribution in [0.25, 0.3) is 0 Å². The van der Waals surface area contributed by atoms with E-state index in [2.05, 4.69) is 56.4 Å². The molecule has 0 aromatic heterocycles. The Hall–Kier alpha value is -2.06. The van der Waals surface area contributed by atoms with Crippen LogP contribution < -0.4 is 5.32 Å². The normalized spacial score (nSPS) is 18.0. The molecule has 130 valence electrons. The first-order valence-electron chi connectivity index (χ1n) is 8.80. The molecular formula is C22H24ClNO. The van der Waals surface area contributed by atoms with E-state index in [4.69, 9.17) is 11.6 Å². The van der Waals surface area contributed by atoms with Gasteiger partial charge in [-0.1, -0.05) is 67.9 Å². The van der Waals surface area contributed by atoms with Crippen molar-refractivity contribution in [2.45, 2.75) is 45.4 Å². The summed E-state index contributed by atoms with van der Waals surface area (Å²) in [6.45, 7) is 6.42. The molecule has 1 unspecified atom stereocenters. The molecule has 2 nitrogen and oxygen atoms in total. The first-order chi connectivity index (χ1) is 12.0. The lowest BCUT2D eigenvalue weighted by Crippen LogP contribution is -2.20. The molecular weight excluding hydrogens is 330 g/mol. The number of ketones is 1. The molecule has 1 aliphatic carbocycles. The van der Waals surface area contributed by atoms with Crippen LogP contribution in [0, 0.1) is 6.92 Å². The van der Waals surface area contributed by atoms with Gasteiger partial charge >= 0.3 is 0 Å². The molecule has 0 spiro atoms. The Balaban J connectivity index is 1.89. The Morgan fingerprint density at radius 1 is 1.08 bits per heavy atom. The molecule has 3 rings (SSSR count). The number of allylic oxidation sites excluding steroid dienone is 2. The number of halogens is 1. The Kier molecular flexibility index (Phi) is 5.29. The quantitative estimate of drug-likeness (QED) is 0.716. The topological polar surface area (TPSA) is 29.1 Å². The minimum Gasteiger partial charge on any atom is -0.357 e. The van der Waals surface area contributed by atoms with E-state index >= 15 is 0 Å². The van der Waals surface area contributed by atoms with E-state index in [9.17, 15) is 4.79 Å². The Labute approximate surface area is 154 Å². The predicted molar refractivity (Wildman–Crippen MR) is 105 cm³/mol. The van der Waals surface area contributed by atoms with Gasteiger partial charge in [0.2, 0.25) is 0 Å². The van der Waals surface area contributed by atoms with Crippen molar-refractivity contribution in [1.29, 1.82) is 0 Å². The van der Waals surface area contributed by atoms with Crippen molar-refractivity contribution in [3.63, 3.8) is 0 Å². The number of Topliss-reactive ketones (excluding diaryl/α,β-unsaturated/α-hetero) is 1. The molecule has 25 heavy (non-hydrogen) atoms. The second kappa shape index (κ2) is 7.45. The van der Waals surface area contributed by atoms with E-state index in [1.807, 2.05) is 18.2 Å². The fourth-order valence-corrected chi connectivity index (χ4v) is 3.45. The Morgan fingerprint density at radius 3 is 2.48 bits per heavy atom. The number of rotatable bonds is 4. The molecule has 0 heterocycles. The van der Waals surface area contributed by atoms with Crippen LogP contribution in [0.15, 0.2) is 59.3 Å². The number of nitrogens with one attached hydrogen (secondary N) is 1. The average Bonchev–Trinajstić information content (AvgIpc) is 2.61. The minimum absolute atomic E-state index is 0.0157. The molecule has 0 aliphatic heterocycles. The zero-order valence-corrected chi connectivity index (χ0v) is 15.7. The molecule has 0 amide bonds. The number of hydrogen-bond donors (Lipinski definition) is 1. The lowest BCUT2D eigenvalue weighted by molar-refractivity contribution is -0.115. The van der Waals surface area contributed by atoms with Gasteiger partial charge in [0, 0.05) is 17.8 Å². The van der Waals surface area contributed by atoms with Gasteiger partial charge in [-0.15, -0.1) is 0 Å². The van der Waals surface area contributed by atoms with Crippen LogP contribution in [0.1, 0.15) is 55.2 Å². The molecule has 0 radical (unpaired) electrons. The smallest absolute Gasteiger partial charge is 0.176 e. The van der Waals surface area contributed by atoms with E-state index in [1.54, 1.807) is 0 Å². The second-order valence-electron chi connectivity index (χ2n) is 7.09. The summed E-state index contributed by atoms with van der Waals surface area (Å²) in [6.07, 6.45) is 1.22. The highest BCUT2D eigenvalue weighted by Crippen LogP contribution is 2.37. The molecule has 2 aromatic rings. The van der Waals surface area contributed by atoms with Crippen LogP contribution in [0.3, 0.4) is 0 Å². The van der Waals surface area contributed by atoms with Gasteiger partial charge in [0.05, 0.1) is 0 Å². The van der Waals surface area contributed by atoms with Crippen LogP contribution in [0.2, 0.25) is 0 Å². The van der Waals surface area contributed by atoms with Crippen molar-refractivity contribution in [2.75, 3.05) is 5.32 Å². The standard InChI is InChI=1S/C22H24ClNO/c1-14(2)17-10-9-15(3)19(11-17)24-20-12-18(13-21(25)22(20)23)16-7-5-4-6-8-16/h4-11,14,18,24H,12-13H2,1-3H3. The van der Waals surface area contributed by atoms with E-state index in [1.165, 1.54) is 11.1 Å². The van der Waals surface area contributed by atoms with Crippen LogP contribution in [-0.2, 0) is 4.79 Å².